The summed E-state index contributed by atoms with van der Waals surface area (Å²) in [5.41, 5.74) is 1.78. The number of nitrogens with zero attached hydrogens (tertiary/aromatic N) is 3. The lowest BCUT2D eigenvalue weighted by molar-refractivity contribution is 0.0930. The maximum absolute atomic E-state index is 12.6. The third-order valence-corrected chi connectivity index (χ3v) is 4.93. The number of likely N-dealkylation sites (tertiary alicyclic amines) is 1. The molecule has 1 N–H and O–H groups in total. The van der Waals surface area contributed by atoms with Gasteiger partial charge in [-0.25, -0.2) is 0 Å². The molecule has 0 spiro atoms. The summed E-state index contributed by atoms with van der Waals surface area (Å²) >= 11 is 0. The molecule has 1 amide bonds. The number of carbonyl (C=O) groups is 1. The topological polar surface area (TPSA) is 68.6 Å². The van der Waals surface area contributed by atoms with E-state index in [1.807, 2.05) is 17.9 Å². The van der Waals surface area contributed by atoms with Crippen LogP contribution in [0.3, 0.4) is 0 Å². The molecule has 146 valence electrons. The van der Waals surface area contributed by atoms with Gasteiger partial charge in [0.25, 0.3) is 5.91 Å². The first-order valence-corrected chi connectivity index (χ1v) is 9.28. The molecule has 2 aromatic rings. The lowest BCUT2D eigenvalue weighted by Gasteiger charge is -2.32. The molecule has 1 aromatic heterocycles. The van der Waals surface area contributed by atoms with Gasteiger partial charge in [0.2, 0.25) is 0 Å². The molecule has 1 atom stereocenters. The first-order chi connectivity index (χ1) is 13.1. The fourth-order valence-corrected chi connectivity index (χ4v) is 3.55. The molecule has 0 saturated carbocycles. The Morgan fingerprint density at radius 1 is 1.26 bits per heavy atom. The van der Waals surface area contributed by atoms with Gasteiger partial charge in [0.15, 0.2) is 0 Å². The molecule has 0 bridgehead atoms. The van der Waals surface area contributed by atoms with Crippen molar-refractivity contribution in [2.24, 2.45) is 13.0 Å². The van der Waals surface area contributed by atoms with Gasteiger partial charge < -0.3 is 14.8 Å². The summed E-state index contributed by atoms with van der Waals surface area (Å²) in [4.78, 5) is 15.0. The fourth-order valence-electron chi connectivity index (χ4n) is 3.55. The lowest BCUT2D eigenvalue weighted by atomic mass is 9.97. The van der Waals surface area contributed by atoms with Crippen LogP contribution < -0.4 is 14.8 Å². The first kappa shape index (κ1) is 19.2. The monoisotopic (exact) mass is 372 g/mol. The number of ether oxygens (including phenoxy) is 2. The molecule has 27 heavy (non-hydrogen) atoms. The van der Waals surface area contributed by atoms with Gasteiger partial charge in [0, 0.05) is 50.1 Å². The molecule has 1 aromatic carbocycles. The first-order valence-electron chi connectivity index (χ1n) is 9.28. The number of aromatic nitrogens is 2. The van der Waals surface area contributed by atoms with Crippen LogP contribution in [0.4, 0.5) is 0 Å². The summed E-state index contributed by atoms with van der Waals surface area (Å²) in [6.07, 6.45) is 6.25. The van der Waals surface area contributed by atoms with Crippen molar-refractivity contribution >= 4 is 5.91 Å². The van der Waals surface area contributed by atoms with Crippen molar-refractivity contribution in [1.29, 1.82) is 0 Å². The van der Waals surface area contributed by atoms with E-state index in [9.17, 15) is 4.79 Å². The number of methoxy groups -OCH3 is 2. The van der Waals surface area contributed by atoms with Crippen molar-refractivity contribution in [3.05, 3.63) is 41.7 Å². The predicted octanol–water partition coefficient (Wildman–Crippen LogP) is 2.08. The Kier molecular flexibility index (Phi) is 6.34. The molecule has 1 fully saturated rings. The number of rotatable bonds is 7. The molecule has 7 heteroatoms. The Morgan fingerprint density at radius 3 is 2.63 bits per heavy atom. The number of hydrogen-bond donors (Lipinski definition) is 1. The summed E-state index contributed by atoms with van der Waals surface area (Å²) in [6, 6.07) is 5.22. The van der Waals surface area contributed by atoms with Gasteiger partial charge in [-0.3, -0.25) is 14.4 Å². The third kappa shape index (κ3) is 5.23. The highest BCUT2D eigenvalue weighted by atomic mass is 16.5. The molecular weight excluding hydrogens is 344 g/mol. The van der Waals surface area contributed by atoms with Gasteiger partial charge in [-0.1, -0.05) is 0 Å². The zero-order valence-electron chi connectivity index (χ0n) is 16.3. The number of amides is 1. The smallest absolute Gasteiger partial charge is 0.251 e. The average molecular weight is 372 g/mol. The average Bonchev–Trinajstić information content (AvgIpc) is 3.10. The number of benzene rings is 1. The van der Waals surface area contributed by atoms with Gasteiger partial charge in [-0.15, -0.1) is 0 Å². The summed E-state index contributed by atoms with van der Waals surface area (Å²) in [7, 11) is 5.09. The van der Waals surface area contributed by atoms with Gasteiger partial charge in [-0.2, -0.15) is 5.10 Å². The van der Waals surface area contributed by atoms with Crippen LogP contribution >= 0.6 is 0 Å². The molecule has 1 saturated heterocycles. The Hall–Kier alpha value is -2.54. The Morgan fingerprint density at radius 2 is 2.00 bits per heavy atom. The second-order valence-electron chi connectivity index (χ2n) is 7.08. The fraction of sp³-hybridized carbons (Fsp3) is 0.500. The van der Waals surface area contributed by atoms with Gasteiger partial charge in [0.1, 0.15) is 11.5 Å². The van der Waals surface area contributed by atoms with E-state index in [2.05, 4.69) is 21.5 Å². The van der Waals surface area contributed by atoms with Gasteiger partial charge in [0.05, 0.1) is 20.4 Å². The predicted molar refractivity (Wildman–Crippen MR) is 103 cm³/mol. The second-order valence-corrected chi connectivity index (χ2v) is 7.08. The highest BCUT2D eigenvalue weighted by Crippen LogP contribution is 2.23. The number of nitrogens with one attached hydrogen (secondary N) is 1. The zero-order chi connectivity index (χ0) is 19.2. The summed E-state index contributed by atoms with van der Waals surface area (Å²) in [5, 5.41) is 7.30. The van der Waals surface area contributed by atoms with E-state index in [1.54, 1.807) is 32.4 Å². The van der Waals surface area contributed by atoms with Crippen molar-refractivity contribution in [3.63, 3.8) is 0 Å². The van der Waals surface area contributed by atoms with Crippen LogP contribution in [0.5, 0.6) is 11.5 Å². The van der Waals surface area contributed by atoms with Gasteiger partial charge >= 0.3 is 0 Å². The molecular formula is C20H28N4O3. The van der Waals surface area contributed by atoms with E-state index in [0.717, 1.165) is 32.5 Å². The summed E-state index contributed by atoms with van der Waals surface area (Å²) in [6.45, 7) is 3.65. The van der Waals surface area contributed by atoms with E-state index in [0.29, 0.717) is 29.5 Å². The van der Waals surface area contributed by atoms with E-state index in [1.165, 1.54) is 5.56 Å². The molecule has 2 heterocycles. The normalized spacial score (nSPS) is 17.5. The Balaban J connectivity index is 1.53. The van der Waals surface area contributed by atoms with Crippen molar-refractivity contribution < 1.29 is 14.3 Å². The van der Waals surface area contributed by atoms with Crippen LogP contribution in [-0.4, -0.2) is 54.4 Å². The van der Waals surface area contributed by atoms with Crippen LogP contribution in [0.15, 0.2) is 30.6 Å². The van der Waals surface area contributed by atoms with Crippen molar-refractivity contribution in [2.45, 2.75) is 19.4 Å². The van der Waals surface area contributed by atoms with Crippen LogP contribution in [0.1, 0.15) is 28.8 Å². The standard InChI is InChI=1S/C20H28N4O3/c1-23-12-16(11-22-23)14-24-6-4-5-15(13-24)10-21-20(25)17-7-18(26-2)9-19(8-17)27-3/h7-9,11-12,15H,4-6,10,13-14H2,1-3H3,(H,21,25)/t15-/m1/s1. The minimum absolute atomic E-state index is 0.100. The SMILES string of the molecule is COc1cc(OC)cc(C(=O)NC[C@H]2CCCN(Cc3cnn(C)c3)C2)c1. The van der Waals surface area contributed by atoms with Crippen LogP contribution in [0.2, 0.25) is 0 Å². The summed E-state index contributed by atoms with van der Waals surface area (Å²) < 4.78 is 12.3. The number of hydrogen-bond acceptors (Lipinski definition) is 5. The molecule has 0 aliphatic carbocycles. The van der Waals surface area contributed by atoms with E-state index >= 15 is 0 Å². The lowest BCUT2D eigenvalue weighted by Crippen LogP contribution is -2.40. The molecule has 1 aliphatic rings. The highest BCUT2D eigenvalue weighted by molar-refractivity contribution is 5.95. The highest BCUT2D eigenvalue weighted by Gasteiger charge is 2.21. The molecule has 1 aliphatic heterocycles. The molecule has 0 radical (unpaired) electrons. The maximum atomic E-state index is 12.6. The van der Waals surface area contributed by atoms with Crippen LogP contribution in [0.25, 0.3) is 0 Å². The van der Waals surface area contributed by atoms with E-state index in [4.69, 9.17) is 9.47 Å². The third-order valence-electron chi connectivity index (χ3n) is 4.93. The molecule has 3 rings (SSSR count). The van der Waals surface area contributed by atoms with Crippen molar-refractivity contribution in [3.8, 4) is 11.5 Å². The minimum atomic E-state index is -0.100. The number of piperidine rings is 1. The zero-order valence-corrected chi connectivity index (χ0v) is 16.3. The molecule has 0 unspecified atom stereocenters. The largest absolute Gasteiger partial charge is 0.497 e. The van der Waals surface area contributed by atoms with Crippen molar-refractivity contribution in [1.82, 2.24) is 20.0 Å². The quantitative estimate of drug-likeness (QED) is 0.806. The van der Waals surface area contributed by atoms with Crippen LogP contribution in [0, 0.1) is 5.92 Å². The van der Waals surface area contributed by atoms with E-state index < -0.39 is 0 Å². The maximum Gasteiger partial charge on any atom is 0.251 e. The van der Waals surface area contributed by atoms with Crippen LogP contribution in [-0.2, 0) is 13.6 Å². The number of aryl methyl sites for hydroxylation is 1. The Labute approximate surface area is 160 Å². The molecule has 7 nitrogen and oxygen atoms in total. The Bertz CT molecular complexity index is 752. The van der Waals surface area contributed by atoms with Gasteiger partial charge in [-0.05, 0) is 37.4 Å². The second kappa shape index (κ2) is 8.90. The number of carbonyl (C=O) groups excluding carboxylic acids is 1. The van der Waals surface area contributed by atoms with E-state index in [-0.39, 0.29) is 5.91 Å². The summed E-state index contributed by atoms with van der Waals surface area (Å²) in [5.74, 6) is 1.57. The minimum Gasteiger partial charge on any atom is -0.497 e. The van der Waals surface area contributed by atoms with Crippen molar-refractivity contribution in [2.75, 3.05) is 33.9 Å².